The van der Waals surface area contributed by atoms with Gasteiger partial charge in [-0.15, -0.1) is 0 Å². The molecule has 1 N–H and O–H groups in total. The Hall–Kier alpha value is -1.55. The Labute approximate surface area is 143 Å². The fraction of sp³-hybridized carbons (Fsp3) is 0.556. The molecule has 0 atom stereocenters. The first-order valence-corrected chi connectivity index (χ1v) is 8.45. The summed E-state index contributed by atoms with van der Waals surface area (Å²) in [6.07, 6.45) is 4.19. The van der Waals surface area contributed by atoms with Gasteiger partial charge < -0.3 is 4.74 Å². The number of benzene rings is 1. The first-order valence-electron chi connectivity index (χ1n) is 8.07. The molecule has 2 rings (SSSR count). The molecule has 1 saturated carbocycles. The van der Waals surface area contributed by atoms with E-state index in [0.717, 1.165) is 37.3 Å². The maximum absolute atomic E-state index is 11.8. The number of amides is 1. The molecule has 0 aromatic heterocycles. The van der Waals surface area contributed by atoms with Crippen molar-refractivity contribution in [3.63, 3.8) is 0 Å². The Bertz CT molecular complexity index is 551. The molecule has 0 heterocycles. The largest absolute Gasteiger partial charge is 0.484 e. The number of hydrogen-bond acceptors (Lipinski definition) is 3. The maximum atomic E-state index is 11.8. The van der Waals surface area contributed by atoms with Gasteiger partial charge in [0.1, 0.15) is 5.75 Å². The SMILES string of the molecule is CC(C)(C)C1CCC(=NNC(=O)COc2ccc(Cl)cc2)CC1. The standard InChI is InChI=1S/C18H25ClN2O2/c1-18(2,3)13-4-8-15(9-5-13)20-21-17(22)12-23-16-10-6-14(19)7-11-16/h6-7,10-11,13H,4-5,8-9,12H2,1-3H3,(H,21,22). The van der Waals surface area contributed by atoms with E-state index in [1.807, 2.05) is 0 Å². The van der Waals surface area contributed by atoms with Crippen LogP contribution in [0.1, 0.15) is 46.5 Å². The molecule has 0 unspecified atom stereocenters. The summed E-state index contributed by atoms with van der Waals surface area (Å²) in [4.78, 5) is 11.8. The number of ether oxygens (including phenoxy) is 1. The van der Waals surface area contributed by atoms with E-state index in [-0.39, 0.29) is 12.5 Å². The molecule has 0 bridgehead atoms. The van der Waals surface area contributed by atoms with E-state index in [0.29, 0.717) is 16.2 Å². The number of nitrogens with zero attached hydrogens (tertiary/aromatic N) is 1. The minimum atomic E-state index is -0.245. The molecule has 1 aromatic rings. The van der Waals surface area contributed by atoms with Crippen LogP contribution < -0.4 is 10.2 Å². The van der Waals surface area contributed by atoms with Crippen LogP contribution in [0.15, 0.2) is 29.4 Å². The lowest BCUT2D eigenvalue weighted by atomic mass is 9.72. The lowest BCUT2D eigenvalue weighted by molar-refractivity contribution is -0.123. The highest BCUT2D eigenvalue weighted by molar-refractivity contribution is 6.30. The first kappa shape index (κ1) is 17.8. The van der Waals surface area contributed by atoms with Crippen LogP contribution in [-0.2, 0) is 4.79 Å². The molecule has 126 valence electrons. The van der Waals surface area contributed by atoms with Crippen molar-refractivity contribution in [3.8, 4) is 5.75 Å². The summed E-state index contributed by atoms with van der Waals surface area (Å²) in [6.45, 7) is 6.81. The van der Waals surface area contributed by atoms with Crippen LogP contribution in [0.2, 0.25) is 5.02 Å². The van der Waals surface area contributed by atoms with Crippen molar-refractivity contribution >= 4 is 23.2 Å². The summed E-state index contributed by atoms with van der Waals surface area (Å²) in [7, 11) is 0. The Kier molecular flexibility index (Phi) is 6.05. The van der Waals surface area contributed by atoms with Crippen molar-refractivity contribution in [2.75, 3.05) is 6.61 Å². The first-order chi connectivity index (χ1) is 10.8. The third-order valence-corrected chi connectivity index (χ3v) is 4.56. The zero-order valence-electron chi connectivity index (χ0n) is 14.1. The van der Waals surface area contributed by atoms with Crippen LogP contribution in [0.3, 0.4) is 0 Å². The van der Waals surface area contributed by atoms with Crippen LogP contribution in [0.4, 0.5) is 0 Å². The van der Waals surface area contributed by atoms with E-state index in [9.17, 15) is 4.79 Å². The highest BCUT2D eigenvalue weighted by Crippen LogP contribution is 2.36. The van der Waals surface area contributed by atoms with Crippen LogP contribution >= 0.6 is 11.6 Å². The van der Waals surface area contributed by atoms with E-state index < -0.39 is 0 Å². The zero-order chi connectivity index (χ0) is 16.9. The second-order valence-electron chi connectivity index (χ2n) is 7.10. The fourth-order valence-electron chi connectivity index (χ4n) is 2.78. The van der Waals surface area contributed by atoms with Crippen molar-refractivity contribution in [3.05, 3.63) is 29.3 Å². The lowest BCUT2D eigenvalue weighted by Crippen LogP contribution is -2.29. The number of rotatable bonds is 4. The zero-order valence-corrected chi connectivity index (χ0v) is 14.8. The summed E-state index contributed by atoms with van der Waals surface area (Å²) in [6, 6.07) is 6.91. The molecular formula is C18H25ClN2O2. The number of carbonyl (C=O) groups excluding carboxylic acids is 1. The maximum Gasteiger partial charge on any atom is 0.277 e. The van der Waals surface area contributed by atoms with Crippen LogP contribution in [-0.4, -0.2) is 18.2 Å². The summed E-state index contributed by atoms with van der Waals surface area (Å²) < 4.78 is 5.38. The quantitative estimate of drug-likeness (QED) is 0.827. The van der Waals surface area contributed by atoms with Crippen LogP contribution in [0.25, 0.3) is 0 Å². The summed E-state index contributed by atoms with van der Waals surface area (Å²) in [5.41, 5.74) is 4.01. The van der Waals surface area contributed by atoms with Gasteiger partial charge in [-0.3, -0.25) is 4.79 Å². The summed E-state index contributed by atoms with van der Waals surface area (Å²) in [5.74, 6) is 1.10. The average Bonchev–Trinajstić information content (AvgIpc) is 2.52. The van der Waals surface area contributed by atoms with Gasteiger partial charge in [-0.1, -0.05) is 32.4 Å². The van der Waals surface area contributed by atoms with E-state index >= 15 is 0 Å². The van der Waals surface area contributed by atoms with Gasteiger partial charge in [0.05, 0.1) is 0 Å². The normalized spacial score (nSPS) is 18.4. The molecule has 1 fully saturated rings. The molecule has 23 heavy (non-hydrogen) atoms. The predicted molar refractivity (Wildman–Crippen MR) is 93.9 cm³/mol. The van der Waals surface area contributed by atoms with Gasteiger partial charge >= 0.3 is 0 Å². The molecule has 1 aromatic carbocycles. The monoisotopic (exact) mass is 336 g/mol. The average molecular weight is 337 g/mol. The van der Waals surface area contributed by atoms with Gasteiger partial charge in [0.25, 0.3) is 5.91 Å². The third-order valence-electron chi connectivity index (χ3n) is 4.31. The van der Waals surface area contributed by atoms with Gasteiger partial charge in [-0.25, -0.2) is 5.43 Å². The molecule has 0 saturated heterocycles. The number of hydrazone groups is 1. The molecule has 1 aliphatic rings. The van der Waals surface area contributed by atoms with Crippen molar-refractivity contribution in [1.82, 2.24) is 5.43 Å². The molecule has 1 amide bonds. The van der Waals surface area contributed by atoms with Crippen LogP contribution in [0.5, 0.6) is 5.75 Å². The van der Waals surface area contributed by atoms with Gasteiger partial charge in [0, 0.05) is 10.7 Å². The Balaban J connectivity index is 1.73. The summed E-state index contributed by atoms with van der Waals surface area (Å²) in [5, 5.41) is 4.88. The van der Waals surface area contributed by atoms with Crippen molar-refractivity contribution in [2.45, 2.75) is 46.5 Å². The molecule has 0 aliphatic heterocycles. The molecule has 5 heteroatoms. The van der Waals surface area contributed by atoms with E-state index in [4.69, 9.17) is 16.3 Å². The molecule has 1 aliphatic carbocycles. The third kappa shape index (κ3) is 5.87. The smallest absolute Gasteiger partial charge is 0.277 e. The molecular weight excluding hydrogens is 312 g/mol. The van der Waals surface area contributed by atoms with Gasteiger partial charge in [0.2, 0.25) is 0 Å². The predicted octanol–water partition coefficient (Wildman–Crippen LogP) is 4.43. The Morgan fingerprint density at radius 1 is 1.26 bits per heavy atom. The van der Waals surface area contributed by atoms with Gasteiger partial charge in [-0.05, 0) is 61.3 Å². The fourth-order valence-corrected chi connectivity index (χ4v) is 2.91. The summed E-state index contributed by atoms with van der Waals surface area (Å²) >= 11 is 5.80. The van der Waals surface area contributed by atoms with E-state index in [2.05, 4.69) is 31.3 Å². The van der Waals surface area contributed by atoms with E-state index in [1.54, 1.807) is 24.3 Å². The second-order valence-corrected chi connectivity index (χ2v) is 7.53. The minimum absolute atomic E-state index is 0.0526. The van der Waals surface area contributed by atoms with Gasteiger partial charge in [0.15, 0.2) is 6.61 Å². The number of hydrogen-bond donors (Lipinski definition) is 1. The van der Waals surface area contributed by atoms with Crippen molar-refractivity contribution < 1.29 is 9.53 Å². The Morgan fingerprint density at radius 2 is 1.87 bits per heavy atom. The van der Waals surface area contributed by atoms with Crippen molar-refractivity contribution in [2.24, 2.45) is 16.4 Å². The van der Waals surface area contributed by atoms with Crippen molar-refractivity contribution in [1.29, 1.82) is 0 Å². The molecule has 4 nitrogen and oxygen atoms in total. The van der Waals surface area contributed by atoms with Crippen LogP contribution in [0, 0.1) is 11.3 Å². The highest BCUT2D eigenvalue weighted by Gasteiger charge is 2.28. The van der Waals surface area contributed by atoms with Gasteiger partial charge in [-0.2, -0.15) is 5.10 Å². The number of halogens is 1. The lowest BCUT2D eigenvalue weighted by Gasteiger charge is -2.34. The number of nitrogens with one attached hydrogen (secondary N) is 1. The topological polar surface area (TPSA) is 50.7 Å². The minimum Gasteiger partial charge on any atom is -0.484 e. The molecule has 0 spiro atoms. The Morgan fingerprint density at radius 3 is 2.43 bits per heavy atom. The number of carbonyl (C=O) groups is 1. The van der Waals surface area contributed by atoms with E-state index in [1.165, 1.54) is 0 Å². The molecule has 0 radical (unpaired) electrons. The second kappa shape index (κ2) is 7.82. The highest BCUT2D eigenvalue weighted by atomic mass is 35.5.